The van der Waals surface area contributed by atoms with Crippen LogP contribution >= 0.6 is 0 Å². The Morgan fingerprint density at radius 2 is 2.37 bits per heavy atom. The van der Waals surface area contributed by atoms with Crippen molar-refractivity contribution < 1.29 is 4.79 Å². The summed E-state index contributed by atoms with van der Waals surface area (Å²) in [6, 6.07) is 6.07. The van der Waals surface area contributed by atoms with Crippen LogP contribution in [-0.4, -0.2) is 28.3 Å². The molecule has 0 aliphatic heterocycles. The first-order chi connectivity index (χ1) is 9.31. The van der Waals surface area contributed by atoms with Gasteiger partial charge in [0.2, 0.25) is 0 Å². The van der Waals surface area contributed by atoms with Crippen molar-refractivity contribution in [2.45, 2.75) is 44.7 Å². The summed E-state index contributed by atoms with van der Waals surface area (Å²) in [5, 5.41) is 8.77. The maximum Gasteiger partial charge on any atom is 0.149 e. The van der Waals surface area contributed by atoms with Crippen molar-refractivity contribution in [2.75, 3.05) is 6.54 Å². The van der Waals surface area contributed by atoms with Crippen molar-refractivity contribution in [2.24, 2.45) is 0 Å². The topological polar surface area (TPSA) is 57.0 Å². The van der Waals surface area contributed by atoms with Gasteiger partial charge in [-0.05, 0) is 24.5 Å². The van der Waals surface area contributed by atoms with Gasteiger partial charge in [-0.15, -0.1) is 0 Å². The molecule has 19 heavy (non-hydrogen) atoms. The van der Waals surface area contributed by atoms with Gasteiger partial charge in [-0.3, -0.25) is 14.7 Å². The third-order valence-electron chi connectivity index (χ3n) is 3.58. The highest BCUT2D eigenvalue weighted by Crippen LogP contribution is 2.21. The zero-order valence-electron chi connectivity index (χ0n) is 11.1. The maximum absolute atomic E-state index is 12.0. The zero-order valence-corrected chi connectivity index (χ0v) is 11.1. The summed E-state index contributed by atoms with van der Waals surface area (Å²) < 4.78 is 0. The van der Waals surface area contributed by atoms with Crippen LogP contribution in [0.1, 0.15) is 37.7 Å². The van der Waals surface area contributed by atoms with E-state index >= 15 is 0 Å². The predicted octanol–water partition coefficient (Wildman–Crippen LogP) is 2.31. The molecule has 1 aliphatic rings. The molecule has 0 N–H and O–H groups in total. The molecule has 2 rings (SSSR count). The summed E-state index contributed by atoms with van der Waals surface area (Å²) >= 11 is 0. The lowest BCUT2D eigenvalue weighted by Gasteiger charge is -2.32. The molecule has 1 aliphatic carbocycles. The molecule has 1 saturated carbocycles. The minimum atomic E-state index is -0.0118. The number of aromatic nitrogens is 1. The second-order valence-electron chi connectivity index (χ2n) is 4.97. The van der Waals surface area contributed by atoms with E-state index in [1.54, 1.807) is 6.20 Å². The van der Waals surface area contributed by atoms with Gasteiger partial charge in [0.1, 0.15) is 5.78 Å². The Morgan fingerprint density at radius 1 is 1.47 bits per heavy atom. The summed E-state index contributed by atoms with van der Waals surface area (Å²) in [5.74, 6) is 0.327. The van der Waals surface area contributed by atoms with Crippen molar-refractivity contribution in [1.82, 2.24) is 9.88 Å². The number of ketones is 1. The first-order valence-electron chi connectivity index (χ1n) is 6.84. The van der Waals surface area contributed by atoms with E-state index in [-0.39, 0.29) is 6.04 Å². The number of nitriles is 1. The zero-order chi connectivity index (χ0) is 13.5. The highest BCUT2D eigenvalue weighted by Gasteiger charge is 2.27. The molecule has 0 bridgehead atoms. The van der Waals surface area contributed by atoms with Crippen LogP contribution in [0, 0.1) is 11.3 Å². The third kappa shape index (κ3) is 3.87. The van der Waals surface area contributed by atoms with Gasteiger partial charge >= 0.3 is 0 Å². The van der Waals surface area contributed by atoms with Crippen LogP contribution in [0.5, 0.6) is 0 Å². The summed E-state index contributed by atoms with van der Waals surface area (Å²) in [5.41, 5.74) is 1.10. The third-order valence-corrected chi connectivity index (χ3v) is 3.58. The van der Waals surface area contributed by atoms with E-state index in [2.05, 4.69) is 16.0 Å². The Bertz CT molecular complexity index is 452. The molecule has 100 valence electrons. The van der Waals surface area contributed by atoms with Crippen LogP contribution in [0.25, 0.3) is 0 Å². The Labute approximate surface area is 114 Å². The average molecular weight is 257 g/mol. The minimum Gasteiger partial charge on any atom is -0.298 e. The van der Waals surface area contributed by atoms with Crippen LogP contribution < -0.4 is 0 Å². The van der Waals surface area contributed by atoms with E-state index in [4.69, 9.17) is 5.26 Å². The molecule has 1 unspecified atom stereocenters. The number of rotatable bonds is 5. The van der Waals surface area contributed by atoms with E-state index in [0.29, 0.717) is 31.7 Å². The van der Waals surface area contributed by atoms with E-state index in [0.717, 1.165) is 24.8 Å². The molecule has 1 heterocycles. The number of pyridine rings is 1. The lowest BCUT2D eigenvalue weighted by molar-refractivity contribution is -0.126. The van der Waals surface area contributed by atoms with Crippen molar-refractivity contribution in [3.05, 3.63) is 30.1 Å². The Morgan fingerprint density at radius 3 is 3.05 bits per heavy atom. The highest BCUT2D eigenvalue weighted by atomic mass is 16.1. The number of carbonyl (C=O) groups excluding carboxylic acids is 1. The van der Waals surface area contributed by atoms with Gasteiger partial charge < -0.3 is 0 Å². The van der Waals surface area contributed by atoms with E-state index in [1.165, 1.54) is 0 Å². The van der Waals surface area contributed by atoms with Gasteiger partial charge in [0, 0.05) is 38.3 Å². The fourth-order valence-corrected chi connectivity index (χ4v) is 2.62. The van der Waals surface area contributed by atoms with Crippen molar-refractivity contribution >= 4 is 5.78 Å². The molecule has 1 aromatic heterocycles. The van der Waals surface area contributed by atoms with Gasteiger partial charge in [-0.2, -0.15) is 5.26 Å². The quantitative estimate of drug-likeness (QED) is 0.812. The Balaban J connectivity index is 2.06. The average Bonchev–Trinajstić information content (AvgIpc) is 2.45. The molecule has 1 fully saturated rings. The second-order valence-corrected chi connectivity index (χ2v) is 4.97. The number of hydrogen-bond acceptors (Lipinski definition) is 4. The normalized spacial score (nSPS) is 19.4. The number of Topliss-reactive ketones (excluding diaryl/α,β-unsaturated/α-hetero) is 1. The van der Waals surface area contributed by atoms with Crippen molar-refractivity contribution in [3.8, 4) is 6.07 Å². The molecular formula is C15H19N3O. The number of hydrogen-bond donors (Lipinski definition) is 0. The smallest absolute Gasteiger partial charge is 0.149 e. The fraction of sp³-hybridized carbons (Fsp3) is 0.533. The molecule has 1 atom stereocenters. The van der Waals surface area contributed by atoms with Gasteiger partial charge in [-0.25, -0.2) is 0 Å². The molecular weight excluding hydrogens is 238 g/mol. The molecule has 0 spiro atoms. The van der Waals surface area contributed by atoms with E-state index < -0.39 is 0 Å². The molecule has 0 amide bonds. The molecule has 4 heteroatoms. The molecule has 4 nitrogen and oxygen atoms in total. The molecule has 0 radical (unpaired) electrons. The predicted molar refractivity (Wildman–Crippen MR) is 72.1 cm³/mol. The Kier molecular flexibility index (Phi) is 5.05. The van der Waals surface area contributed by atoms with Gasteiger partial charge in [0.25, 0.3) is 0 Å². The van der Waals surface area contributed by atoms with Crippen LogP contribution in [0.3, 0.4) is 0 Å². The largest absolute Gasteiger partial charge is 0.298 e. The van der Waals surface area contributed by atoms with Crippen LogP contribution in [-0.2, 0) is 11.3 Å². The second kappa shape index (κ2) is 7.01. The van der Waals surface area contributed by atoms with E-state index in [9.17, 15) is 4.79 Å². The molecule has 0 saturated heterocycles. The Hall–Kier alpha value is -1.73. The van der Waals surface area contributed by atoms with Gasteiger partial charge in [0.05, 0.1) is 12.1 Å². The molecule has 0 aromatic carbocycles. The van der Waals surface area contributed by atoms with Crippen molar-refractivity contribution in [1.29, 1.82) is 5.26 Å². The van der Waals surface area contributed by atoms with Gasteiger partial charge in [0.15, 0.2) is 0 Å². The van der Waals surface area contributed by atoms with E-state index in [1.807, 2.05) is 18.3 Å². The maximum atomic E-state index is 12.0. The fourth-order valence-electron chi connectivity index (χ4n) is 2.62. The minimum absolute atomic E-state index is 0.0118. The summed E-state index contributed by atoms with van der Waals surface area (Å²) in [6.45, 7) is 1.35. The molecule has 1 aromatic rings. The first kappa shape index (κ1) is 13.7. The number of nitrogens with zero attached hydrogens (tertiary/aromatic N) is 3. The number of carbonyl (C=O) groups is 1. The lowest BCUT2D eigenvalue weighted by Crippen LogP contribution is -2.43. The lowest BCUT2D eigenvalue weighted by atomic mass is 9.92. The highest BCUT2D eigenvalue weighted by molar-refractivity contribution is 5.84. The summed E-state index contributed by atoms with van der Waals surface area (Å²) in [6.07, 6.45) is 7.75. The van der Waals surface area contributed by atoms with Crippen molar-refractivity contribution in [3.63, 3.8) is 0 Å². The SMILES string of the molecule is N#CCCN(Cc1cccnc1)C1CCCCC1=O. The van der Waals surface area contributed by atoms with Crippen LogP contribution in [0.2, 0.25) is 0 Å². The summed E-state index contributed by atoms with van der Waals surface area (Å²) in [4.78, 5) is 18.3. The standard InChI is InChI=1S/C15H19N3O/c16-8-4-10-18(12-13-5-3-9-17-11-13)14-6-1-2-7-15(14)19/h3,5,9,11,14H,1-2,4,6-7,10,12H2. The van der Waals surface area contributed by atoms with Crippen LogP contribution in [0.15, 0.2) is 24.5 Å². The summed E-state index contributed by atoms with van der Waals surface area (Å²) in [7, 11) is 0. The monoisotopic (exact) mass is 257 g/mol. The van der Waals surface area contributed by atoms with Gasteiger partial charge in [-0.1, -0.05) is 12.5 Å². The van der Waals surface area contributed by atoms with Crippen LogP contribution in [0.4, 0.5) is 0 Å². The first-order valence-corrected chi connectivity index (χ1v) is 6.84.